The van der Waals surface area contributed by atoms with Gasteiger partial charge in [0, 0.05) is 26.9 Å². The summed E-state index contributed by atoms with van der Waals surface area (Å²) in [7, 11) is 0. The standard InChI is InChI=1S/C38H21NO/c1-2-9-23-22(8-1)16-20-33-36(23)31-18-17-29-26-12-5-6-15-34(26)40-38(29)37(31)39(33)32-21-19-28-25-11-4-3-10-24(25)27-13-7-14-30(32)35(27)28/h1-21H. The lowest BCUT2D eigenvalue weighted by Gasteiger charge is -2.13. The van der Waals surface area contributed by atoms with Gasteiger partial charge in [-0.15, -0.1) is 0 Å². The van der Waals surface area contributed by atoms with Crippen molar-refractivity contribution in [3.63, 3.8) is 0 Å². The van der Waals surface area contributed by atoms with E-state index in [1.807, 2.05) is 6.07 Å². The lowest BCUT2D eigenvalue weighted by molar-refractivity contribution is 0.671. The summed E-state index contributed by atoms with van der Waals surface area (Å²) in [6.45, 7) is 0. The van der Waals surface area contributed by atoms with Crippen LogP contribution in [0, 0.1) is 0 Å². The maximum atomic E-state index is 6.67. The van der Waals surface area contributed by atoms with Crippen molar-refractivity contribution >= 4 is 65.3 Å². The summed E-state index contributed by atoms with van der Waals surface area (Å²) in [5.41, 5.74) is 10.6. The van der Waals surface area contributed by atoms with Crippen LogP contribution in [0.15, 0.2) is 132 Å². The molecule has 0 amide bonds. The van der Waals surface area contributed by atoms with E-state index in [0.29, 0.717) is 0 Å². The highest BCUT2D eigenvalue weighted by atomic mass is 16.3. The van der Waals surface area contributed by atoms with Crippen molar-refractivity contribution in [2.75, 3.05) is 0 Å². The van der Waals surface area contributed by atoms with Crippen LogP contribution < -0.4 is 0 Å². The van der Waals surface area contributed by atoms with E-state index in [-0.39, 0.29) is 0 Å². The predicted molar refractivity (Wildman–Crippen MR) is 168 cm³/mol. The molecular formula is C38H21NO. The van der Waals surface area contributed by atoms with Gasteiger partial charge in [-0.25, -0.2) is 0 Å². The molecular weight excluding hydrogens is 486 g/mol. The van der Waals surface area contributed by atoms with Crippen LogP contribution in [0.2, 0.25) is 0 Å². The van der Waals surface area contributed by atoms with Crippen LogP contribution in [0.1, 0.15) is 0 Å². The zero-order valence-electron chi connectivity index (χ0n) is 21.5. The second kappa shape index (κ2) is 7.19. The molecule has 1 aliphatic rings. The zero-order chi connectivity index (χ0) is 25.9. The Kier molecular flexibility index (Phi) is 3.70. The lowest BCUT2D eigenvalue weighted by atomic mass is 10.0. The predicted octanol–water partition coefficient (Wildman–Crippen LogP) is 10.6. The van der Waals surface area contributed by atoms with Crippen LogP contribution in [0.3, 0.4) is 0 Å². The van der Waals surface area contributed by atoms with Crippen molar-refractivity contribution in [2.24, 2.45) is 0 Å². The number of aromatic nitrogens is 1. The van der Waals surface area contributed by atoms with Crippen LogP contribution in [-0.2, 0) is 0 Å². The van der Waals surface area contributed by atoms with Crippen LogP contribution in [0.25, 0.3) is 93.2 Å². The molecule has 0 unspecified atom stereocenters. The third-order valence-electron chi connectivity index (χ3n) is 8.93. The van der Waals surface area contributed by atoms with Crippen molar-refractivity contribution in [2.45, 2.75) is 0 Å². The largest absolute Gasteiger partial charge is 0.454 e. The Morgan fingerprint density at radius 3 is 2.02 bits per heavy atom. The molecule has 9 aromatic rings. The molecule has 0 fully saturated rings. The Morgan fingerprint density at radius 2 is 1.12 bits per heavy atom. The van der Waals surface area contributed by atoms with Crippen molar-refractivity contribution in [1.29, 1.82) is 0 Å². The molecule has 0 spiro atoms. The molecule has 0 radical (unpaired) electrons. The lowest BCUT2D eigenvalue weighted by Crippen LogP contribution is -1.96. The molecule has 0 saturated carbocycles. The average molecular weight is 508 g/mol. The molecule has 2 heterocycles. The highest BCUT2D eigenvalue weighted by Gasteiger charge is 2.25. The third-order valence-corrected chi connectivity index (χ3v) is 8.93. The summed E-state index contributed by atoms with van der Waals surface area (Å²) in [4.78, 5) is 0. The van der Waals surface area contributed by atoms with Gasteiger partial charge in [-0.3, -0.25) is 0 Å². The molecule has 184 valence electrons. The molecule has 2 nitrogen and oxygen atoms in total. The first-order chi connectivity index (χ1) is 19.9. The smallest absolute Gasteiger partial charge is 0.160 e. The Morgan fingerprint density at radius 1 is 0.425 bits per heavy atom. The van der Waals surface area contributed by atoms with Crippen molar-refractivity contribution in [3.8, 4) is 27.9 Å². The Bertz CT molecular complexity index is 2510. The Labute approximate surface area is 229 Å². The number of fused-ring (bicyclic) bond motifs is 12. The summed E-state index contributed by atoms with van der Waals surface area (Å²) in [6, 6.07) is 46.3. The van der Waals surface area contributed by atoms with E-state index >= 15 is 0 Å². The van der Waals surface area contributed by atoms with Crippen molar-refractivity contribution in [3.05, 3.63) is 127 Å². The van der Waals surface area contributed by atoms with Gasteiger partial charge in [0.1, 0.15) is 5.58 Å². The number of rotatable bonds is 1. The number of benzene rings is 7. The maximum Gasteiger partial charge on any atom is 0.160 e. The van der Waals surface area contributed by atoms with Gasteiger partial charge in [-0.1, -0.05) is 103 Å². The zero-order valence-corrected chi connectivity index (χ0v) is 21.5. The molecule has 10 rings (SSSR count). The molecule has 0 atom stereocenters. The van der Waals surface area contributed by atoms with E-state index in [4.69, 9.17) is 4.42 Å². The SMILES string of the molecule is c1ccc2c(c1)-c1cccc3c(-n4c5ccc6ccccc6c5c5ccc6c7ccccc7oc6c54)ccc-2c13. The van der Waals surface area contributed by atoms with E-state index in [1.165, 1.54) is 65.8 Å². The van der Waals surface area contributed by atoms with Gasteiger partial charge >= 0.3 is 0 Å². The van der Waals surface area contributed by atoms with Crippen LogP contribution in [0.5, 0.6) is 0 Å². The Hall–Kier alpha value is -5.34. The second-order valence-corrected chi connectivity index (χ2v) is 10.9. The van der Waals surface area contributed by atoms with Crippen LogP contribution in [0.4, 0.5) is 0 Å². The number of furan rings is 1. The number of hydrogen-bond donors (Lipinski definition) is 0. The fourth-order valence-corrected chi connectivity index (χ4v) is 7.29. The second-order valence-electron chi connectivity index (χ2n) is 10.9. The Balaban J connectivity index is 1.45. The molecule has 0 bridgehead atoms. The van der Waals surface area contributed by atoms with E-state index < -0.39 is 0 Å². The summed E-state index contributed by atoms with van der Waals surface area (Å²) < 4.78 is 9.12. The minimum atomic E-state index is 0.919. The van der Waals surface area contributed by atoms with Gasteiger partial charge in [-0.2, -0.15) is 0 Å². The van der Waals surface area contributed by atoms with E-state index in [2.05, 4.69) is 126 Å². The normalized spacial score (nSPS) is 12.5. The molecule has 0 saturated heterocycles. The van der Waals surface area contributed by atoms with Gasteiger partial charge in [0.25, 0.3) is 0 Å². The number of hydrogen-bond acceptors (Lipinski definition) is 1. The van der Waals surface area contributed by atoms with Gasteiger partial charge in [0.2, 0.25) is 0 Å². The first-order valence-electron chi connectivity index (χ1n) is 13.8. The van der Waals surface area contributed by atoms with Gasteiger partial charge < -0.3 is 8.98 Å². The molecule has 7 aromatic carbocycles. The topological polar surface area (TPSA) is 18.1 Å². The fourth-order valence-electron chi connectivity index (χ4n) is 7.29. The molecule has 0 aliphatic heterocycles. The highest BCUT2D eigenvalue weighted by molar-refractivity contribution is 6.28. The number of nitrogens with zero attached hydrogens (tertiary/aromatic N) is 1. The summed E-state index contributed by atoms with van der Waals surface area (Å²) in [5, 5.41) is 9.87. The quantitative estimate of drug-likeness (QED) is 0.216. The number of para-hydroxylation sites is 1. The molecule has 2 heteroatoms. The third kappa shape index (κ3) is 2.41. The van der Waals surface area contributed by atoms with Gasteiger partial charge in [0.05, 0.1) is 16.7 Å². The van der Waals surface area contributed by atoms with Gasteiger partial charge in [-0.05, 0) is 62.7 Å². The van der Waals surface area contributed by atoms with Crippen molar-refractivity contribution < 1.29 is 4.42 Å². The van der Waals surface area contributed by atoms with E-state index in [1.54, 1.807) is 0 Å². The summed E-state index contributed by atoms with van der Waals surface area (Å²) in [6.07, 6.45) is 0. The highest BCUT2D eigenvalue weighted by Crippen LogP contribution is 2.50. The summed E-state index contributed by atoms with van der Waals surface area (Å²) >= 11 is 0. The van der Waals surface area contributed by atoms with Crippen LogP contribution >= 0.6 is 0 Å². The molecule has 0 N–H and O–H groups in total. The maximum absolute atomic E-state index is 6.67. The minimum absolute atomic E-state index is 0.919. The first kappa shape index (κ1) is 20.6. The fraction of sp³-hybridized carbons (Fsp3) is 0. The monoisotopic (exact) mass is 507 g/mol. The van der Waals surface area contributed by atoms with Crippen molar-refractivity contribution in [1.82, 2.24) is 4.57 Å². The van der Waals surface area contributed by atoms with Crippen LogP contribution in [-0.4, -0.2) is 4.57 Å². The van der Waals surface area contributed by atoms with Gasteiger partial charge in [0.15, 0.2) is 5.58 Å². The molecule has 40 heavy (non-hydrogen) atoms. The van der Waals surface area contributed by atoms with E-state index in [9.17, 15) is 0 Å². The molecule has 2 aromatic heterocycles. The molecule has 1 aliphatic carbocycles. The minimum Gasteiger partial charge on any atom is -0.454 e. The average Bonchev–Trinajstić information content (AvgIpc) is 3.67. The summed E-state index contributed by atoms with van der Waals surface area (Å²) in [5.74, 6) is 0. The first-order valence-corrected chi connectivity index (χ1v) is 13.8. The van der Waals surface area contributed by atoms with E-state index in [0.717, 1.165) is 27.5 Å².